The van der Waals surface area contributed by atoms with Crippen molar-refractivity contribution >= 4 is 40.1 Å². The number of nitrogens with zero attached hydrogens (tertiary/aromatic N) is 4. The number of piperidine rings is 1. The molecule has 0 saturated carbocycles. The van der Waals surface area contributed by atoms with Gasteiger partial charge in [-0.05, 0) is 68.9 Å². The topological polar surface area (TPSA) is 85.5 Å². The lowest BCUT2D eigenvalue weighted by Crippen LogP contribution is -2.29. The molecular formula is C31H37N7. The van der Waals surface area contributed by atoms with Crippen molar-refractivity contribution in [1.29, 1.82) is 0 Å². The molecule has 0 spiro atoms. The molecule has 5 heterocycles. The number of hydrogen-bond donors (Lipinski definition) is 3. The minimum Gasteiger partial charge on any atom is -0.371 e. The van der Waals surface area contributed by atoms with Gasteiger partial charge in [-0.3, -0.25) is 10.1 Å². The Morgan fingerprint density at radius 2 is 2.00 bits per heavy atom. The molecular weight excluding hydrogens is 470 g/mol. The van der Waals surface area contributed by atoms with Crippen LogP contribution in [0.5, 0.6) is 0 Å². The Hall–Kier alpha value is -4.13. The van der Waals surface area contributed by atoms with Crippen molar-refractivity contribution in [1.82, 2.24) is 25.1 Å². The second-order valence-corrected chi connectivity index (χ2v) is 9.98. The number of aromatic amines is 2. The summed E-state index contributed by atoms with van der Waals surface area (Å²) in [4.78, 5) is 15.0. The standard InChI is InChI=1S/C31H37N7/c1-5-7-11-22(4)34-24-17-23(19-32-20-24)21(3)16-25-27(6-2)36-37-30(25)28-18-26-29(12-13-33-31(26)35-28)38-14-9-8-10-15-38/h6,12-13,16-20,34,36H,3-5,7-11,14-15H2,1-2H3,(H,33,35)/b25-16+,27-6+. The third-order valence-corrected chi connectivity index (χ3v) is 7.16. The Bertz CT molecular complexity index is 1570. The molecule has 7 heteroatoms. The first kappa shape index (κ1) is 25.5. The molecule has 4 aromatic rings. The lowest BCUT2D eigenvalue weighted by molar-refractivity contribution is 0.579. The number of unbranched alkanes of at least 4 members (excludes halogenated alkanes) is 1. The lowest BCUT2D eigenvalue weighted by Gasteiger charge is -2.29. The molecule has 5 rings (SSSR count). The van der Waals surface area contributed by atoms with E-state index in [1.54, 1.807) is 0 Å². The van der Waals surface area contributed by atoms with E-state index in [0.29, 0.717) is 0 Å². The van der Waals surface area contributed by atoms with Gasteiger partial charge in [-0.25, -0.2) is 4.98 Å². The summed E-state index contributed by atoms with van der Waals surface area (Å²) in [6.45, 7) is 14.9. The van der Waals surface area contributed by atoms with Crippen LogP contribution < -0.4 is 20.8 Å². The summed E-state index contributed by atoms with van der Waals surface area (Å²) in [5.74, 6) is 0. The van der Waals surface area contributed by atoms with E-state index in [1.807, 2.05) is 31.6 Å². The first-order chi connectivity index (χ1) is 18.6. The Balaban J connectivity index is 1.49. The SMILES string of the molecule is C=C(CCCC)Nc1cncc(C(=C)/C=c2/c(-c3cc4c(N5CCCCC5)ccnc4[nH]3)n[nH]/c2=C/C)c1. The predicted molar refractivity (Wildman–Crippen MR) is 159 cm³/mol. The van der Waals surface area contributed by atoms with Crippen LogP contribution in [0.2, 0.25) is 0 Å². The van der Waals surface area contributed by atoms with Gasteiger partial charge in [0.05, 0.1) is 22.9 Å². The average molecular weight is 508 g/mol. The molecule has 0 aromatic carbocycles. The Kier molecular flexibility index (Phi) is 7.73. The van der Waals surface area contributed by atoms with Gasteiger partial charge in [0.25, 0.3) is 0 Å². The minimum absolute atomic E-state index is 0.844. The highest BCUT2D eigenvalue weighted by atomic mass is 15.1. The van der Waals surface area contributed by atoms with E-state index in [4.69, 9.17) is 0 Å². The number of hydrogen-bond acceptors (Lipinski definition) is 5. The molecule has 0 bridgehead atoms. The zero-order valence-electron chi connectivity index (χ0n) is 22.5. The number of H-pyrrole nitrogens is 2. The van der Waals surface area contributed by atoms with Gasteiger partial charge in [0.2, 0.25) is 0 Å². The molecule has 38 heavy (non-hydrogen) atoms. The summed E-state index contributed by atoms with van der Waals surface area (Å²) in [5, 5.41) is 14.3. The van der Waals surface area contributed by atoms with E-state index in [9.17, 15) is 0 Å². The van der Waals surface area contributed by atoms with E-state index in [0.717, 1.165) is 87.9 Å². The predicted octanol–water partition coefficient (Wildman–Crippen LogP) is 5.75. The summed E-state index contributed by atoms with van der Waals surface area (Å²) >= 11 is 0. The normalized spacial score (nSPS) is 14.8. The van der Waals surface area contributed by atoms with Gasteiger partial charge in [0, 0.05) is 53.0 Å². The van der Waals surface area contributed by atoms with Crippen molar-refractivity contribution in [3.8, 4) is 11.4 Å². The van der Waals surface area contributed by atoms with Gasteiger partial charge >= 0.3 is 0 Å². The van der Waals surface area contributed by atoms with Crippen molar-refractivity contribution in [2.24, 2.45) is 0 Å². The van der Waals surface area contributed by atoms with E-state index in [-0.39, 0.29) is 0 Å². The highest BCUT2D eigenvalue weighted by Gasteiger charge is 2.17. The van der Waals surface area contributed by atoms with Gasteiger partial charge in [0.1, 0.15) is 11.3 Å². The number of rotatable bonds is 9. The lowest BCUT2D eigenvalue weighted by atomic mass is 10.1. The zero-order chi connectivity index (χ0) is 26.5. The molecule has 0 aliphatic carbocycles. The fourth-order valence-corrected chi connectivity index (χ4v) is 5.08. The molecule has 0 amide bonds. The monoisotopic (exact) mass is 507 g/mol. The van der Waals surface area contributed by atoms with E-state index in [2.05, 4.69) is 79.7 Å². The third kappa shape index (κ3) is 5.42. The molecule has 7 nitrogen and oxygen atoms in total. The molecule has 1 aliphatic heterocycles. The van der Waals surface area contributed by atoms with Gasteiger partial charge in [-0.15, -0.1) is 0 Å². The van der Waals surface area contributed by atoms with Crippen LogP contribution in [0, 0.1) is 0 Å². The highest BCUT2D eigenvalue weighted by Crippen LogP contribution is 2.30. The minimum atomic E-state index is 0.844. The Morgan fingerprint density at radius 3 is 2.79 bits per heavy atom. The molecule has 1 aliphatic rings. The highest BCUT2D eigenvalue weighted by molar-refractivity contribution is 5.94. The number of pyridine rings is 2. The third-order valence-electron chi connectivity index (χ3n) is 7.16. The summed E-state index contributed by atoms with van der Waals surface area (Å²) in [5.41, 5.74) is 7.60. The molecule has 196 valence electrons. The van der Waals surface area contributed by atoms with Gasteiger partial charge in [0.15, 0.2) is 0 Å². The van der Waals surface area contributed by atoms with Crippen LogP contribution in [0.25, 0.3) is 40.1 Å². The van der Waals surface area contributed by atoms with Crippen molar-refractivity contribution < 1.29 is 0 Å². The maximum atomic E-state index is 4.69. The molecule has 1 fully saturated rings. The molecule has 1 saturated heterocycles. The van der Waals surface area contributed by atoms with Crippen LogP contribution in [0.3, 0.4) is 0 Å². The average Bonchev–Trinajstić information content (AvgIpc) is 3.56. The van der Waals surface area contributed by atoms with E-state index < -0.39 is 0 Å². The van der Waals surface area contributed by atoms with Crippen LogP contribution in [-0.4, -0.2) is 38.2 Å². The Morgan fingerprint density at radius 1 is 1.16 bits per heavy atom. The smallest absolute Gasteiger partial charge is 0.139 e. The van der Waals surface area contributed by atoms with Crippen molar-refractivity contribution in [2.75, 3.05) is 23.3 Å². The number of aromatic nitrogens is 5. The largest absolute Gasteiger partial charge is 0.371 e. The van der Waals surface area contributed by atoms with E-state index >= 15 is 0 Å². The van der Waals surface area contributed by atoms with Gasteiger partial charge < -0.3 is 15.2 Å². The summed E-state index contributed by atoms with van der Waals surface area (Å²) < 4.78 is 0. The van der Waals surface area contributed by atoms with Crippen molar-refractivity contribution in [3.05, 3.63) is 71.8 Å². The van der Waals surface area contributed by atoms with Crippen LogP contribution in [0.4, 0.5) is 11.4 Å². The maximum absolute atomic E-state index is 4.69. The molecule has 0 atom stereocenters. The zero-order valence-corrected chi connectivity index (χ0v) is 22.5. The van der Waals surface area contributed by atoms with Crippen LogP contribution >= 0.6 is 0 Å². The van der Waals surface area contributed by atoms with Crippen LogP contribution in [-0.2, 0) is 0 Å². The summed E-state index contributed by atoms with van der Waals surface area (Å²) in [6, 6.07) is 6.37. The second-order valence-electron chi connectivity index (χ2n) is 9.98. The number of anilines is 2. The molecule has 0 radical (unpaired) electrons. The molecule has 3 N–H and O–H groups in total. The number of allylic oxidation sites excluding steroid dienone is 2. The Labute approximate surface area is 224 Å². The second kappa shape index (κ2) is 11.5. The number of nitrogens with one attached hydrogen (secondary N) is 3. The van der Waals surface area contributed by atoms with Crippen LogP contribution in [0.15, 0.2) is 55.6 Å². The first-order valence-electron chi connectivity index (χ1n) is 13.6. The fourth-order valence-electron chi connectivity index (χ4n) is 5.08. The quantitative estimate of drug-likeness (QED) is 0.269. The van der Waals surface area contributed by atoms with Gasteiger partial charge in [-0.1, -0.05) is 32.6 Å². The van der Waals surface area contributed by atoms with Crippen molar-refractivity contribution in [2.45, 2.75) is 52.4 Å². The summed E-state index contributed by atoms with van der Waals surface area (Å²) in [6.07, 6.45) is 16.6. The number of fused-ring (bicyclic) bond motifs is 1. The maximum Gasteiger partial charge on any atom is 0.139 e. The summed E-state index contributed by atoms with van der Waals surface area (Å²) in [7, 11) is 0. The first-order valence-corrected chi connectivity index (χ1v) is 13.6. The molecule has 4 aromatic heterocycles. The van der Waals surface area contributed by atoms with Gasteiger partial charge in [-0.2, -0.15) is 5.10 Å². The van der Waals surface area contributed by atoms with Crippen molar-refractivity contribution in [3.63, 3.8) is 0 Å². The molecule has 0 unspecified atom stereocenters. The van der Waals surface area contributed by atoms with E-state index in [1.165, 1.54) is 24.9 Å². The fraction of sp³-hybridized carbons (Fsp3) is 0.323. The van der Waals surface area contributed by atoms with Crippen LogP contribution in [0.1, 0.15) is 57.9 Å².